The lowest BCUT2D eigenvalue weighted by Crippen LogP contribution is -2.55. The van der Waals surface area contributed by atoms with Crippen LogP contribution >= 0.6 is 0 Å². The maximum atomic E-state index is 14.2. The van der Waals surface area contributed by atoms with E-state index < -0.39 is 34.1 Å². The predicted molar refractivity (Wildman–Crippen MR) is 162 cm³/mol. The van der Waals surface area contributed by atoms with E-state index in [-0.39, 0.29) is 17.3 Å². The van der Waals surface area contributed by atoms with Crippen LogP contribution in [0.15, 0.2) is 83.8 Å². The Balaban J connectivity index is 2.07. The second-order valence-corrected chi connectivity index (χ2v) is 12.7. The molecule has 0 aliphatic carbocycles. The molecule has 3 rings (SSSR count). The van der Waals surface area contributed by atoms with Crippen molar-refractivity contribution in [1.82, 2.24) is 10.2 Å². The molecule has 9 heteroatoms. The highest BCUT2D eigenvalue weighted by Crippen LogP contribution is 2.26. The molecule has 3 aromatic rings. The van der Waals surface area contributed by atoms with Crippen molar-refractivity contribution >= 4 is 27.5 Å². The monoisotopic (exact) mass is 579 g/mol. The maximum absolute atomic E-state index is 14.2. The summed E-state index contributed by atoms with van der Waals surface area (Å²) >= 11 is 0. The van der Waals surface area contributed by atoms with Crippen LogP contribution in [0.25, 0.3) is 0 Å². The lowest BCUT2D eigenvalue weighted by molar-refractivity contribution is -0.141. The van der Waals surface area contributed by atoms with Crippen LogP contribution in [0, 0.1) is 0 Å². The lowest BCUT2D eigenvalue weighted by atomic mass is 10.1. The van der Waals surface area contributed by atoms with Crippen LogP contribution in [0.5, 0.6) is 5.75 Å². The zero-order valence-electron chi connectivity index (χ0n) is 24.8. The largest absolute Gasteiger partial charge is 0.497 e. The van der Waals surface area contributed by atoms with Crippen molar-refractivity contribution in [2.24, 2.45) is 0 Å². The number of sulfonamides is 1. The average molecular weight is 580 g/mol. The average Bonchev–Trinajstić information content (AvgIpc) is 2.95. The number of amides is 2. The Morgan fingerprint density at radius 3 is 2.12 bits per heavy atom. The molecule has 0 unspecified atom stereocenters. The fourth-order valence-corrected chi connectivity index (χ4v) is 5.92. The number of aryl methyl sites for hydroxylation is 1. The number of rotatable bonds is 12. The summed E-state index contributed by atoms with van der Waals surface area (Å²) in [5.74, 6) is -0.185. The first kappa shape index (κ1) is 31.7. The Labute approximate surface area is 244 Å². The summed E-state index contributed by atoms with van der Waals surface area (Å²) in [5.41, 5.74) is 1.65. The summed E-state index contributed by atoms with van der Waals surface area (Å²) < 4.78 is 34.3. The number of nitrogens with one attached hydrogen (secondary N) is 1. The highest BCUT2D eigenvalue weighted by atomic mass is 32.2. The summed E-state index contributed by atoms with van der Waals surface area (Å²) in [5, 5.41) is 2.98. The first-order valence-corrected chi connectivity index (χ1v) is 15.2. The van der Waals surface area contributed by atoms with Crippen molar-refractivity contribution in [3.63, 3.8) is 0 Å². The fraction of sp³-hybridized carbons (Fsp3) is 0.375. The summed E-state index contributed by atoms with van der Waals surface area (Å²) in [6.45, 7) is 9.09. The topological polar surface area (TPSA) is 96.0 Å². The van der Waals surface area contributed by atoms with Gasteiger partial charge in [0.05, 0.1) is 17.7 Å². The van der Waals surface area contributed by atoms with Gasteiger partial charge in [0, 0.05) is 12.1 Å². The number of nitrogens with zero attached hydrogens (tertiary/aromatic N) is 2. The molecule has 1 N–H and O–H groups in total. The van der Waals surface area contributed by atoms with Crippen LogP contribution in [0.4, 0.5) is 5.69 Å². The van der Waals surface area contributed by atoms with Gasteiger partial charge in [0.2, 0.25) is 11.8 Å². The van der Waals surface area contributed by atoms with Crippen molar-refractivity contribution in [3.05, 3.63) is 90.0 Å². The molecule has 0 bridgehead atoms. The fourth-order valence-electron chi connectivity index (χ4n) is 4.49. The van der Waals surface area contributed by atoms with Gasteiger partial charge in [-0.1, -0.05) is 56.3 Å². The van der Waals surface area contributed by atoms with Crippen LogP contribution in [0.1, 0.15) is 52.2 Å². The molecular formula is C32H41N3O5S. The van der Waals surface area contributed by atoms with E-state index in [1.807, 2.05) is 58.9 Å². The van der Waals surface area contributed by atoms with Crippen LogP contribution in [0.3, 0.4) is 0 Å². The number of hydrogen-bond acceptors (Lipinski definition) is 5. The molecule has 41 heavy (non-hydrogen) atoms. The van der Waals surface area contributed by atoms with E-state index in [9.17, 15) is 18.0 Å². The maximum Gasteiger partial charge on any atom is 0.264 e. The SMILES string of the molecule is CCc1ccc(N(CC(=O)N(Cc2cccc(OC)c2)[C@H](CC)C(=O)NC(C)(C)C)S(=O)(=O)c2ccccc2)cc1. The van der Waals surface area contributed by atoms with Crippen molar-refractivity contribution < 1.29 is 22.7 Å². The number of benzene rings is 3. The Kier molecular flexibility index (Phi) is 10.6. The normalized spacial score (nSPS) is 12.3. The first-order chi connectivity index (χ1) is 19.4. The predicted octanol–water partition coefficient (Wildman–Crippen LogP) is 5.18. The number of carbonyl (C=O) groups excluding carboxylic acids is 2. The zero-order chi connectivity index (χ0) is 30.2. The van der Waals surface area contributed by atoms with Gasteiger partial charge in [-0.3, -0.25) is 13.9 Å². The van der Waals surface area contributed by atoms with E-state index in [0.29, 0.717) is 17.9 Å². The molecule has 1 atom stereocenters. The molecule has 0 aliphatic rings. The lowest BCUT2D eigenvalue weighted by Gasteiger charge is -2.34. The van der Waals surface area contributed by atoms with Crippen molar-refractivity contribution in [1.29, 1.82) is 0 Å². The second-order valence-electron chi connectivity index (χ2n) is 10.9. The minimum Gasteiger partial charge on any atom is -0.497 e. The Morgan fingerprint density at radius 2 is 1.56 bits per heavy atom. The quantitative estimate of drug-likeness (QED) is 0.319. The Morgan fingerprint density at radius 1 is 0.902 bits per heavy atom. The first-order valence-electron chi connectivity index (χ1n) is 13.8. The summed E-state index contributed by atoms with van der Waals surface area (Å²) in [7, 11) is -2.54. The Hall–Kier alpha value is -3.85. The molecule has 0 aliphatic heterocycles. The molecule has 0 fully saturated rings. The van der Waals surface area contributed by atoms with Gasteiger partial charge in [-0.2, -0.15) is 0 Å². The second kappa shape index (κ2) is 13.7. The molecule has 0 aromatic heterocycles. The van der Waals surface area contributed by atoms with Crippen LogP contribution in [-0.2, 0) is 32.6 Å². The molecule has 0 spiro atoms. The van der Waals surface area contributed by atoms with Crippen LogP contribution < -0.4 is 14.4 Å². The van der Waals surface area contributed by atoms with Gasteiger partial charge in [-0.25, -0.2) is 8.42 Å². The van der Waals surface area contributed by atoms with Crippen LogP contribution in [-0.4, -0.2) is 50.4 Å². The van der Waals surface area contributed by atoms with E-state index in [0.717, 1.165) is 21.9 Å². The van der Waals surface area contributed by atoms with Gasteiger partial charge < -0.3 is 15.0 Å². The van der Waals surface area contributed by atoms with E-state index in [1.54, 1.807) is 49.6 Å². The minimum atomic E-state index is -4.10. The molecular weight excluding hydrogens is 538 g/mol. The van der Waals surface area contributed by atoms with E-state index in [2.05, 4.69) is 5.32 Å². The number of methoxy groups -OCH3 is 1. The minimum absolute atomic E-state index is 0.0734. The number of carbonyl (C=O) groups is 2. The summed E-state index contributed by atoms with van der Waals surface area (Å²) in [6, 6.07) is 21.6. The molecule has 0 saturated carbocycles. The van der Waals surface area contributed by atoms with Crippen molar-refractivity contribution in [2.45, 2.75) is 70.5 Å². The van der Waals surface area contributed by atoms with Gasteiger partial charge in [-0.05, 0) is 81.1 Å². The molecule has 0 saturated heterocycles. The third-order valence-electron chi connectivity index (χ3n) is 6.61. The third-order valence-corrected chi connectivity index (χ3v) is 8.40. The molecule has 220 valence electrons. The zero-order valence-corrected chi connectivity index (χ0v) is 25.6. The van der Waals surface area contributed by atoms with Crippen molar-refractivity contribution in [3.8, 4) is 5.75 Å². The van der Waals surface area contributed by atoms with Gasteiger partial charge in [0.25, 0.3) is 10.0 Å². The third kappa shape index (κ3) is 8.33. The van der Waals surface area contributed by atoms with Crippen molar-refractivity contribution in [2.75, 3.05) is 18.0 Å². The summed E-state index contributed by atoms with van der Waals surface area (Å²) in [4.78, 5) is 29.1. The number of anilines is 1. The van der Waals surface area contributed by atoms with Gasteiger partial charge >= 0.3 is 0 Å². The molecule has 2 amide bonds. The van der Waals surface area contributed by atoms with E-state index >= 15 is 0 Å². The van der Waals surface area contributed by atoms with Gasteiger partial charge in [0.15, 0.2) is 0 Å². The smallest absolute Gasteiger partial charge is 0.264 e. The van der Waals surface area contributed by atoms with Crippen LogP contribution in [0.2, 0.25) is 0 Å². The molecule has 3 aromatic carbocycles. The summed E-state index contributed by atoms with van der Waals surface area (Å²) in [6.07, 6.45) is 1.13. The molecule has 0 radical (unpaired) electrons. The van der Waals surface area contributed by atoms with E-state index in [4.69, 9.17) is 4.74 Å². The standard InChI is InChI=1S/C32H41N3O5S/c1-7-24-17-19-26(20-18-24)35(41(38,39)28-15-10-9-11-16-28)23-30(36)34(22-25-13-12-14-27(21-25)40-6)29(8-2)31(37)33-32(3,4)5/h9-21,29H,7-8,22-23H2,1-6H3,(H,33,37)/t29-/m1/s1. The number of hydrogen-bond donors (Lipinski definition) is 1. The van der Waals surface area contributed by atoms with Gasteiger partial charge in [-0.15, -0.1) is 0 Å². The highest BCUT2D eigenvalue weighted by Gasteiger charge is 2.34. The molecule has 0 heterocycles. The highest BCUT2D eigenvalue weighted by molar-refractivity contribution is 7.92. The Bertz CT molecular complexity index is 1420. The van der Waals surface area contributed by atoms with E-state index in [1.165, 1.54) is 17.0 Å². The molecule has 8 nitrogen and oxygen atoms in total. The number of ether oxygens (including phenoxy) is 1. The van der Waals surface area contributed by atoms with Gasteiger partial charge in [0.1, 0.15) is 18.3 Å².